The van der Waals surface area contributed by atoms with Crippen molar-refractivity contribution in [1.82, 2.24) is 30.4 Å². The molecule has 100 valence electrons. The van der Waals surface area contributed by atoms with Gasteiger partial charge in [0.25, 0.3) is 5.91 Å². The number of hydrogen-bond acceptors (Lipinski definition) is 7. The van der Waals surface area contributed by atoms with Gasteiger partial charge < -0.3 is 0 Å². The number of nitrogens with one attached hydrogen (secondary N) is 1. The van der Waals surface area contributed by atoms with E-state index in [0.29, 0.717) is 11.7 Å². The zero-order valence-corrected chi connectivity index (χ0v) is 11.1. The first-order valence-corrected chi connectivity index (χ1v) is 6.50. The molecule has 2 aromatic heterocycles. The maximum absolute atomic E-state index is 11.2. The van der Waals surface area contributed by atoms with Crippen molar-refractivity contribution in [3.05, 3.63) is 29.8 Å². The summed E-state index contributed by atoms with van der Waals surface area (Å²) in [6.45, 7) is 2.54. The third kappa shape index (κ3) is 3.73. The summed E-state index contributed by atoms with van der Waals surface area (Å²) in [7, 11) is 0. The van der Waals surface area contributed by atoms with Gasteiger partial charge in [-0.05, 0) is 12.5 Å². The van der Waals surface area contributed by atoms with Gasteiger partial charge in [-0.1, -0.05) is 17.0 Å². The second-order valence-electron chi connectivity index (χ2n) is 3.73. The molecule has 2 rings (SSSR count). The predicted molar refractivity (Wildman–Crippen MR) is 69.2 cm³/mol. The highest BCUT2D eigenvalue weighted by Crippen LogP contribution is 2.12. The SMILES string of the molecule is Cc1cnc(SCCn2cc(C(=O)NN)nn2)nc1. The van der Waals surface area contributed by atoms with Gasteiger partial charge in [-0.2, -0.15) is 0 Å². The number of nitrogen functional groups attached to an aromatic ring is 1. The van der Waals surface area contributed by atoms with Gasteiger partial charge in [0, 0.05) is 18.1 Å². The molecule has 0 fully saturated rings. The van der Waals surface area contributed by atoms with Crippen molar-refractivity contribution in [2.45, 2.75) is 18.6 Å². The highest BCUT2D eigenvalue weighted by atomic mass is 32.2. The molecule has 0 aliphatic heterocycles. The summed E-state index contributed by atoms with van der Waals surface area (Å²) in [4.78, 5) is 19.5. The first kappa shape index (κ1) is 13.4. The smallest absolute Gasteiger partial charge is 0.287 e. The first-order chi connectivity index (χ1) is 9.19. The van der Waals surface area contributed by atoms with E-state index in [-0.39, 0.29) is 5.69 Å². The average molecular weight is 279 g/mol. The molecule has 0 bridgehead atoms. The van der Waals surface area contributed by atoms with Crippen LogP contribution in [0.15, 0.2) is 23.7 Å². The molecule has 9 heteroatoms. The van der Waals surface area contributed by atoms with Gasteiger partial charge in [-0.25, -0.2) is 15.8 Å². The zero-order chi connectivity index (χ0) is 13.7. The van der Waals surface area contributed by atoms with E-state index >= 15 is 0 Å². The van der Waals surface area contributed by atoms with Crippen molar-refractivity contribution >= 4 is 17.7 Å². The lowest BCUT2D eigenvalue weighted by molar-refractivity contribution is 0.0948. The third-order valence-electron chi connectivity index (χ3n) is 2.21. The Kier molecular flexibility index (Phi) is 4.42. The Labute approximate surface area is 113 Å². The van der Waals surface area contributed by atoms with Crippen LogP contribution >= 0.6 is 11.8 Å². The number of nitrogens with zero attached hydrogens (tertiary/aromatic N) is 5. The molecule has 0 atom stereocenters. The van der Waals surface area contributed by atoms with Crippen LogP contribution in [0, 0.1) is 6.92 Å². The number of rotatable bonds is 5. The van der Waals surface area contributed by atoms with E-state index in [2.05, 4.69) is 20.3 Å². The van der Waals surface area contributed by atoms with Crippen LogP contribution in [0.4, 0.5) is 0 Å². The fourth-order valence-electron chi connectivity index (χ4n) is 1.27. The van der Waals surface area contributed by atoms with E-state index in [1.807, 2.05) is 12.3 Å². The van der Waals surface area contributed by atoms with Crippen LogP contribution in [0.5, 0.6) is 0 Å². The van der Waals surface area contributed by atoms with Crippen LogP contribution in [0.3, 0.4) is 0 Å². The molecular formula is C10H13N7OS. The predicted octanol–water partition coefficient (Wildman–Crippen LogP) is -0.228. The van der Waals surface area contributed by atoms with Gasteiger partial charge >= 0.3 is 0 Å². The maximum Gasteiger partial charge on any atom is 0.287 e. The standard InChI is InChI=1S/C10H13N7OS/c1-7-4-12-10(13-5-7)19-3-2-17-6-8(15-16-17)9(18)14-11/h4-6H,2-3,11H2,1H3,(H,14,18). The summed E-state index contributed by atoms with van der Waals surface area (Å²) < 4.78 is 1.58. The lowest BCUT2D eigenvalue weighted by Crippen LogP contribution is -2.30. The third-order valence-corrected chi connectivity index (χ3v) is 3.07. The molecule has 3 N–H and O–H groups in total. The Morgan fingerprint density at radius 2 is 2.21 bits per heavy atom. The second-order valence-corrected chi connectivity index (χ2v) is 4.79. The zero-order valence-electron chi connectivity index (χ0n) is 10.3. The Morgan fingerprint density at radius 1 is 1.47 bits per heavy atom. The number of thioether (sulfide) groups is 1. The van der Waals surface area contributed by atoms with E-state index in [1.54, 1.807) is 23.3 Å². The summed E-state index contributed by atoms with van der Waals surface area (Å²) in [5.41, 5.74) is 3.22. The van der Waals surface area contributed by atoms with Crippen molar-refractivity contribution in [2.75, 3.05) is 5.75 Å². The van der Waals surface area contributed by atoms with Gasteiger partial charge in [0.2, 0.25) is 0 Å². The molecule has 0 saturated heterocycles. The number of hydrogen-bond donors (Lipinski definition) is 2. The fourth-order valence-corrected chi connectivity index (χ4v) is 1.99. The monoisotopic (exact) mass is 279 g/mol. The highest BCUT2D eigenvalue weighted by molar-refractivity contribution is 7.99. The van der Waals surface area contributed by atoms with E-state index in [1.165, 1.54) is 11.8 Å². The van der Waals surface area contributed by atoms with Crippen LogP contribution in [-0.2, 0) is 6.54 Å². The van der Waals surface area contributed by atoms with Crippen LogP contribution in [0.1, 0.15) is 16.1 Å². The molecule has 0 aliphatic carbocycles. The largest absolute Gasteiger partial charge is 0.289 e. The number of amides is 1. The minimum absolute atomic E-state index is 0.194. The van der Waals surface area contributed by atoms with Gasteiger partial charge in [-0.15, -0.1) is 5.10 Å². The Bertz CT molecular complexity index is 553. The van der Waals surface area contributed by atoms with Crippen LogP contribution < -0.4 is 11.3 Å². The molecule has 0 aliphatic rings. The number of carbonyl (C=O) groups excluding carboxylic acids is 1. The lowest BCUT2D eigenvalue weighted by Gasteiger charge is -2.00. The minimum atomic E-state index is -0.458. The number of aromatic nitrogens is 5. The van der Waals surface area contributed by atoms with Crippen LogP contribution in [-0.4, -0.2) is 36.6 Å². The molecule has 2 heterocycles. The van der Waals surface area contributed by atoms with E-state index in [9.17, 15) is 4.79 Å². The van der Waals surface area contributed by atoms with E-state index < -0.39 is 5.91 Å². The Hall–Kier alpha value is -2.00. The lowest BCUT2D eigenvalue weighted by atomic mass is 10.4. The van der Waals surface area contributed by atoms with Crippen LogP contribution in [0.2, 0.25) is 0 Å². The average Bonchev–Trinajstić information content (AvgIpc) is 2.89. The van der Waals surface area contributed by atoms with Gasteiger partial charge in [0.1, 0.15) is 0 Å². The van der Waals surface area contributed by atoms with Gasteiger partial charge in [0.15, 0.2) is 10.9 Å². The normalized spacial score (nSPS) is 10.4. The van der Waals surface area contributed by atoms with Crippen LogP contribution in [0.25, 0.3) is 0 Å². The molecule has 8 nitrogen and oxygen atoms in total. The summed E-state index contributed by atoms with van der Waals surface area (Å²) in [5, 5.41) is 8.24. The summed E-state index contributed by atoms with van der Waals surface area (Å²) in [5.74, 6) is 5.28. The number of hydrazine groups is 1. The molecule has 0 unspecified atom stereocenters. The van der Waals surface area contributed by atoms with Crippen molar-refractivity contribution < 1.29 is 4.79 Å². The number of aryl methyl sites for hydroxylation is 2. The molecule has 19 heavy (non-hydrogen) atoms. The summed E-state index contributed by atoms with van der Waals surface area (Å²) in [6, 6.07) is 0. The molecule has 1 amide bonds. The van der Waals surface area contributed by atoms with E-state index in [4.69, 9.17) is 5.84 Å². The van der Waals surface area contributed by atoms with Gasteiger partial charge in [-0.3, -0.25) is 14.9 Å². The van der Waals surface area contributed by atoms with Crippen molar-refractivity contribution in [3.63, 3.8) is 0 Å². The van der Waals surface area contributed by atoms with Crippen molar-refractivity contribution in [3.8, 4) is 0 Å². The molecule has 0 aromatic carbocycles. The molecular weight excluding hydrogens is 266 g/mol. The summed E-state index contributed by atoms with van der Waals surface area (Å²) in [6.07, 6.45) is 5.09. The topological polar surface area (TPSA) is 112 Å². The molecule has 0 radical (unpaired) electrons. The Morgan fingerprint density at radius 3 is 2.89 bits per heavy atom. The van der Waals surface area contributed by atoms with E-state index in [0.717, 1.165) is 11.3 Å². The molecule has 2 aromatic rings. The maximum atomic E-state index is 11.2. The first-order valence-electron chi connectivity index (χ1n) is 5.51. The quantitative estimate of drug-likeness (QED) is 0.256. The number of nitrogens with two attached hydrogens (primary N) is 1. The second kappa shape index (κ2) is 6.25. The van der Waals surface area contributed by atoms with Crippen molar-refractivity contribution in [1.29, 1.82) is 0 Å². The minimum Gasteiger partial charge on any atom is -0.289 e. The number of carbonyl (C=O) groups is 1. The summed E-state index contributed by atoms with van der Waals surface area (Å²) >= 11 is 1.51. The van der Waals surface area contributed by atoms with Crippen molar-refractivity contribution in [2.24, 2.45) is 5.84 Å². The highest BCUT2D eigenvalue weighted by Gasteiger charge is 2.08. The fraction of sp³-hybridized carbons (Fsp3) is 0.300. The molecule has 0 saturated carbocycles. The van der Waals surface area contributed by atoms with Gasteiger partial charge in [0.05, 0.1) is 12.7 Å². The Balaban J connectivity index is 1.84. The molecule has 0 spiro atoms.